The largest absolute Gasteiger partial charge is 0.469 e. The monoisotopic (exact) mass is 268 g/mol. The van der Waals surface area contributed by atoms with Crippen molar-refractivity contribution in [1.82, 2.24) is 5.16 Å². The third-order valence-corrected chi connectivity index (χ3v) is 2.25. The molecule has 0 unspecified atom stereocenters. The second-order valence-electron chi connectivity index (χ2n) is 3.57. The van der Waals surface area contributed by atoms with Gasteiger partial charge in [0.05, 0.1) is 6.26 Å². The molecule has 0 aromatic heterocycles. The number of nitriles is 1. The Hall–Kier alpha value is -3.13. The first-order valence-corrected chi connectivity index (χ1v) is 5.83. The molecule has 1 N–H and O–H groups in total. The molecular weight excluding hydrogens is 256 g/mol. The fourth-order valence-corrected chi connectivity index (χ4v) is 1.39. The van der Waals surface area contributed by atoms with E-state index in [2.05, 4.69) is 5.16 Å². The maximum atomic E-state index is 9.08. The highest BCUT2D eigenvalue weighted by atomic mass is 16.5. The van der Waals surface area contributed by atoms with E-state index in [9.17, 15) is 0 Å². The van der Waals surface area contributed by atoms with Crippen molar-refractivity contribution in [3.63, 3.8) is 0 Å². The molecule has 0 saturated heterocycles. The van der Waals surface area contributed by atoms with Gasteiger partial charge in [-0.15, -0.1) is 0 Å². The molecular formula is C15H12N2O3. The van der Waals surface area contributed by atoms with Gasteiger partial charge < -0.3 is 13.4 Å². The summed E-state index contributed by atoms with van der Waals surface area (Å²) in [5.41, 5.74) is 0.706. The summed E-state index contributed by atoms with van der Waals surface area (Å²) < 4.78 is 15.4. The van der Waals surface area contributed by atoms with Gasteiger partial charge in [-0.25, -0.2) is 5.16 Å². The van der Waals surface area contributed by atoms with Crippen molar-refractivity contribution in [1.29, 1.82) is 5.26 Å². The summed E-state index contributed by atoms with van der Waals surface area (Å²) in [5.74, 6) is 0.356. The van der Waals surface area contributed by atoms with E-state index in [-0.39, 0.29) is 5.76 Å². The highest BCUT2D eigenvalue weighted by molar-refractivity contribution is 5.60. The number of nitrogens with one attached hydrogen (secondary N) is 1. The molecule has 100 valence electrons. The van der Waals surface area contributed by atoms with Gasteiger partial charge in [0.2, 0.25) is 11.5 Å². The number of aromatic amines is 1. The lowest BCUT2D eigenvalue weighted by atomic mass is 10.2. The van der Waals surface area contributed by atoms with Gasteiger partial charge in [0.25, 0.3) is 0 Å². The standard InChI is InChI=1S/C15H12N2O3/c16-11-14-15-13(12-17-20-15)7-5-3-1-2-4-6-8-18-9-10-19-14/h1-10,12,17H. The van der Waals surface area contributed by atoms with Crippen LogP contribution in [0, 0.1) is 11.3 Å². The molecule has 0 fully saturated rings. The summed E-state index contributed by atoms with van der Waals surface area (Å²) >= 11 is 0. The van der Waals surface area contributed by atoms with Gasteiger partial charge in [0.1, 0.15) is 18.6 Å². The van der Waals surface area contributed by atoms with Crippen molar-refractivity contribution in [3.8, 4) is 17.4 Å². The molecule has 0 aromatic carbocycles. The van der Waals surface area contributed by atoms with Crippen LogP contribution in [0.3, 0.4) is 0 Å². The molecule has 2 aliphatic rings. The number of hydrogen-bond acceptors (Lipinski definition) is 4. The van der Waals surface area contributed by atoms with E-state index >= 15 is 0 Å². The predicted octanol–water partition coefficient (Wildman–Crippen LogP) is 4.14. The Bertz CT molecular complexity index is 710. The SMILES string of the molecule is N#Cc1occoccccccccc2c[nH]oc1-2. The van der Waals surface area contributed by atoms with E-state index in [4.69, 9.17) is 18.6 Å². The van der Waals surface area contributed by atoms with Gasteiger partial charge >= 0.3 is 0 Å². The zero-order valence-electron chi connectivity index (χ0n) is 10.5. The summed E-state index contributed by atoms with van der Waals surface area (Å²) in [4.78, 5) is 0. The first-order chi connectivity index (χ1) is 9.92. The van der Waals surface area contributed by atoms with Crippen molar-refractivity contribution >= 4 is 0 Å². The van der Waals surface area contributed by atoms with Crippen LogP contribution in [0.4, 0.5) is 0 Å². The Kier molecular flexibility index (Phi) is 4.88. The fourth-order valence-electron chi connectivity index (χ4n) is 1.39. The van der Waals surface area contributed by atoms with Gasteiger partial charge in [-0.2, -0.15) is 5.26 Å². The maximum Gasteiger partial charge on any atom is 0.249 e. The van der Waals surface area contributed by atoms with Gasteiger partial charge in [0, 0.05) is 11.8 Å². The Morgan fingerprint density at radius 1 is 0.950 bits per heavy atom. The normalized spacial score (nSPS) is 8.95. The molecule has 0 saturated carbocycles. The minimum Gasteiger partial charge on any atom is -0.469 e. The Morgan fingerprint density at radius 2 is 1.75 bits per heavy atom. The molecule has 0 bridgehead atoms. The summed E-state index contributed by atoms with van der Waals surface area (Å²) in [5, 5.41) is 11.7. The molecule has 0 atom stereocenters. The van der Waals surface area contributed by atoms with Crippen LogP contribution >= 0.6 is 0 Å². The molecule has 2 aliphatic heterocycles. The van der Waals surface area contributed by atoms with Gasteiger partial charge in [0.15, 0.2) is 0 Å². The van der Waals surface area contributed by atoms with Crippen LogP contribution in [0.25, 0.3) is 11.3 Å². The molecule has 5 nitrogen and oxygen atoms in total. The number of aromatic nitrogens is 1. The van der Waals surface area contributed by atoms with Crippen LogP contribution in [0.2, 0.25) is 0 Å². The molecule has 0 radical (unpaired) electrons. The minimum atomic E-state index is 0.0340. The first kappa shape index (κ1) is 13.3. The molecule has 5 heteroatoms. The van der Waals surface area contributed by atoms with Crippen molar-refractivity contribution in [3.05, 3.63) is 73.2 Å². The predicted molar refractivity (Wildman–Crippen MR) is 71.8 cm³/mol. The number of fused-ring (bicyclic) bond motifs is 1. The lowest BCUT2D eigenvalue weighted by Gasteiger charge is -1.89. The third kappa shape index (κ3) is 3.68. The van der Waals surface area contributed by atoms with Crippen LogP contribution in [-0.4, -0.2) is 5.16 Å². The summed E-state index contributed by atoms with van der Waals surface area (Å²) in [6, 6.07) is 14.7. The maximum absolute atomic E-state index is 9.08. The fraction of sp³-hybridized carbons (Fsp3) is 0. The van der Waals surface area contributed by atoms with Crippen molar-refractivity contribution in [2.45, 2.75) is 0 Å². The molecule has 0 aliphatic carbocycles. The highest BCUT2D eigenvalue weighted by Gasteiger charge is 2.09. The zero-order valence-corrected chi connectivity index (χ0v) is 10.5. The average molecular weight is 268 g/mol. The molecule has 0 aromatic rings. The van der Waals surface area contributed by atoms with E-state index in [0.29, 0.717) is 11.3 Å². The third-order valence-electron chi connectivity index (χ3n) is 2.25. The number of H-pyrrole nitrogens is 1. The topological polar surface area (TPSA) is 79.0 Å². The van der Waals surface area contributed by atoms with E-state index in [1.54, 1.807) is 18.3 Å². The van der Waals surface area contributed by atoms with E-state index in [1.165, 1.54) is 18.8 Å². The lowest BCUT2D eigenvalue weighted by Crippen LogP contribution is -1.75. The Labute approximate surface area is 115 Å². The van der Waals surface area contributed by atoms with E-state index < -0.39 is 0 Å². The zero-order chi connectivity index (χ0) is 14.0. The molecule has 2 rings (SSSR count). The van der Waals surface area contributed by atoms with Crippen LogP contribution in [0.15, 0.2) is 80.8 Å². The van der Waals surface area contributed by atoms with E-state index in [1.807, 2.05) is 36.4 Å². The van der Waals surface area contributed by atoms with Gasteiger partial charge in [-0.3, -0.25) is 0 Å². The Balaban J connectivity index is 2.62. The molecule has 0 amide bonds. The van der Waals surface area contributed by atoms with Crippen molar-refractivity contribution in [2.75, 3.05) is 0 Å². The highest BCUT2D eigenvalue weighted by Crippen LogP contribution is 2.21. The minimum absolute atomic E-state index is 0.0340. The Morgan fingerprint density at radius 3 is 2.60 bits per heavy atom. The smallest absolute Gasteiger partial charge is 0.249 e. The quantitative estimate of drug-likeness (QED) is 0.778. The summed E-state index contributed by atoms with van der Waals surface area (Å²) in [7, 11) is 0. The number of rotatable bonds is 0. The molecule has 20 heavy (non-hydrogen) atoms. The van der Waals surface area contributed by atoms with Crippen molar-refractivity contribution in [2.24, 2.45) is 0 Å². The van der Waals surface area contributed by atoms with Crippen LogP contribution in [0.1, 0.15) is 5.76 Å². The van der Waals surface area contributed by atoms with E-state index in [0.717, 1.165) is 0 Å². The van der Waals surface area contributed by atoms with Crippen LogP contribution in [-0.2, 0) is 0 Å². The average Bonchev–Trinajstić information content (AvgIpc) is 2.91. The second kappa shape index (κ2) is 7.34. The second-order valence-corrected chi connectivity index (χ2v) is 3.57. The van der Waals surface area contributed by atoms with Crippen LogP contribution < -0.4 is 0 Å². The van der Waals surface area contributed by atoms with Crippen LogP contribution in [0.5, 0.6) is 0 Å². The summed E-state index contributed by atoms with van der Waals surface area (Å²) in [6.45, 7) is 0. The number of hydrogen-bond donors (Lipinski definition) is 1. The van der Waals surface area contributed by atoms with Gasteiger partial charge in [-0.05, 0) is 12.1 Å². The molecule has 0 spiro atoms. The van der Waals surface area contributed by atoms with Gasteiger partial charge in [-0.1, -0.05) is 30.3 Å². The first-order valence-electron chi connectivity index (χ1n) is 5.83. The number of nitrogens with zero attached hydrogens (tertiary/aromatic N) is 1. The summed E-state index contributed by atoms with van der Waals surface area (Å²) in [6.07, 6.45) is 5.70. The molecule has 2 heterocycles. The van der Waals surface area contributed by atoms with Crippen molar-refractivity contribution < 1.29 is 13.4 Å². The lowest BCUT2D eigenvalue weighted by molar-refractivity contribution is 0.413.